The van der Waals surface area contributed by atoms with E-state index in [-0.39, 0.29) is 11.8 Å². The van der Waals surface area contributed by atoms with Crippen LogP contribution in [-0.2, 0) is 0 Å². The fourth-order valence-corrected chi connectivity index (χ4v) is 3.88. The van der Waals surface area contributed by atoms with Crippen LogP contribution in [-0.4, -0.2) is 40.0 Å². The van der Waals surface area contributed by atoms with Crippen LogP contribution >= 0.6 is 11.3 Å². The van der Waals surface area contributed by atoms with Crippen LogP contribution in [0.15, 0.2) is 41.1 Å². The Morgan fingerprint density at radius 3 is 2.70 bits per heavy atom. The van der Waals surface area contributed by atoms with E-state index >= 15 is 0 Å². The predicted molar refractivity (Wildman–Crippen MR) is 106 cm³/mol. The second-order valence-corrected chi connectivity index (χ2v) is 7.44. The predicted octanol–water partition coefficient (Wildman–Crippen LogP) is 3.93. The van der Waals surface area contributed by atoms with Crippen molar-refractivity contribution in [1.82, 2.24) is 15.1 Å². The zero-order chi connectivity index (χ0) is 18.8. The van der Waals surface area contributed by atoms with Crippen molar-refractivity contribution in [2.75, 3.05) is 18.4 Å². The molecule has 1 saturated heterocycles. The lowest BCUT2D eigenvalue weighted by Gasteiger charge is -2.16. The topological polar surface area (TPSA) is 78.1 Å². The normalized spacial score (nSPS) is 13.7. The summed E-state index contributed by atoms with van der Waals surface area (Å²) >= 11 is 1.58. The van der Waals surface area contributed by atoms with Gasteiger partial charge in [0.25, 0.3) is 11.8 Å². The van der Waals surface area contributed by atoms with E-state index in [2.05, 4.69) is 15.5 Å². The van der Waals surface area contributed by atoms with Gasteiger partial charge in [-0.2, -0.15) is 16.4 Å². The Morgan fingerprint density at radius 1 is 1.19 bits per heavy atom. The molecule has 4 rings (SSSR count). The second kappa shape index (κ2) is 7.36. The van der Waals surface area contributed by atoms with E-state index < -0.39 is 0 Å². The van der Waals surface area contributed by atoms with Gasteiger partial charge in [0.2, 0.25) is 0 Å². The summed E-state index contributed by atoms with van der Waals surface area (Å²) in [5, 5.41) is 13.8. The third-order valence-electron chi connectivity index (χ3n) is 4.75. The lowest BCUT2D eigenvalue weighted by Crippen LogP contribution is -2.27. The summed E-state index contributed by atoms with van der Waals surface area (Å²) in [5.74, 6) is -0.201. The molecule has 3 heterocycles. The van der Waals surface area contributed by atoms with E-state index in [1.807, 2.05) is 34.7 Å². The van der Waals surface area contributed by atoms with Gasteiger partial charge in [0.05, 0.1) is 5.69 Å². The molecule has 0 atom stereocenters. The Morgan fingerprint density at radius 2 is 2.00 bits per heavy atom. The number of aromatic nitrogens is 2. The van der Waals surface area contributed by atoms with Gasteiger partial charge in [-0.1, -0.05) is 0 Å². The van der Waals surface area contributed by atoms with Gasteiger partial charge in [-0.05, 0) is 61.0 Å². The van der Waals surface area contributed by atoms with E-state index in [4.69, 9.17) is 0 Å². The molecule has 0 aliphatic carbocycles. The number of hydrogen-bond acceptors (Lipinski definition) is 4. The highest BCUT2D eigenvalue weighted by atomic mass is 32.1. The number of benzene rings is 1. The summed E-state index contributed by atoms with van der Waals surface area (Å²) in [4.78, 5) is 26.9. The lowest BCUT2D eigenvalue weighted by atomic mass is 10.1. The van der Waals surface area contributed by atoms with Crippen molar-refractivity contribution < 1.29 is 9.59 Å². The Kier molecular flexibility index (Phi) is 4.77. The molecular formula is C20H20N4O2S. The summed E-state index contributed by atoms with van der Waals surface area (Å²) in [6, 6.07) is 9.08. The van der Waals surface area contributed by atoms with E-state index in [1.54, 1.807) is 29.5 Å². The summed E-state index contributed by atoms with van der Waals surface area (Å²) in [5.41, 5.74) is 4.32. The van der Waals surface area contributed by atoms with Crippen LogP contribution in [0.5, 0.6) is 0 Å². The molecule has 2 amide bonds. The first kappa shape index (κ1) is 17.5. The molecule has 6 nitrogen and oxygen atoms in total. The van der Waals surface area contributed by atoms with Gasteiger partial charge in [-0.15, -0.1) is 0 Å². The highest BCUT2D eigenvalue weighted by molar-refractivity contribution is 7.08. The van der Waals surface area contributed by atoms with Crippen molar-refractivity contribution in [3.63, 3.8) is 0 Å². The highest BCUT2D eigenvalue weighted by Gasteiger charge is 2.20. The van der Waals surface area contributed by atoms with Crippen molar-refractivity contribution in [2.45, 2.75) is 19.8 Å². The van der Waals surface area contributed by atoms with Crippen molar-refractivity contribution in [2.24, 2.45) is 0 Å². The SMILES string of the molecule is Cc1cc(C(=O)N2CCCC2)ccc1NC(=O)c1cc(-c2ccsc2)n[nH]1. The first-order chi connectivity index (χ1) is 13.1. The number of thiophene rings is 1. The quantitative estimate of drug-likeness (QED) is 0.720. The molecule has 2 N–H and O–H groups in total. The number of likely N-dealkylation sites (tertiary alicyclic amines) is 1. The molecule has 7 heteroatoms. The number of amides is 2. The van der Waals surface area contributed by atoms with Gasteiger partial charge in [0.1, 0.15) is 5.69 Å². The van der Waals surface area contributed by atoms with E-state index in [9.17, 15) is 9.59 Å². The summed E-state index contributed by atoms with van der Waals surface area (Å²) in [6.07, 6.45) is 2.13. The van der Waals surface area contributed by atoms with Gasteiger partial charge in [-0.25, -0.2) is 0 Å². The standard InChI is InChI=1S/C20H20N4O2S/c1-13-10-14(20(26)24-7-2-3-8-24)4-5-16(13)21-19(25)18-11-17(22-23-18)15-6-9-27-12-15/h4-6,9-12H,2-3,7-8H2,1H3,(H,21,25)(H,22,23). The monoisotopic (exact) mass is 380 g/mol. The van der Waals surface area contributed by atoms with Gasteiger partial charge in [0.15, 0.2) is 0 Å². The molecule has 1 aromatic carbocycles. The molecule has 138 valence electrons. The van der Waals surface area contributed by atoms with Crippen molar-refractivity contribution in [3.8, 4) is 11.3 Å². The molecule has 3 aromatic rings. The first-order valence-electron chi connectivity index (χ1n) is 8.91. The van der Waals surface area contributed by atoms with Crippen LogP contribution in [0.1, 0.15) is 39.3 Å². The second-order valence-electron chi connectivity index (χ2n) is 6.66. The van der Waals surface area contributed by atoms with Gasteiger partial charge in [-0.3, -0.25) is 14.7 Å². The molecule has 1 aliphatic heterocycles. The maximum atomic E-state index is 12.5. The lowest BCUT2D eigenvalue weighted by molar-refractivity contribution is 0.0792. The largest absolute Gasteiger partial charge is 0.339 e. The van der Waals surface area contributed by atoms with Crippen LogP contribution in [0.3, 0.4) is 0 Å². The zero-order valence-corrected chi connectivity index (χ0v) is 15.8. The number of H-pyrrole nitrogens is 1. The molecule has 0 unspecified atom stereocenters. The average Bonchev–Trinajstić information content (AvgIpc) is 3.43. The minimum atomic E-state index is -0.259. The molecule has 1 fully saturated rings. The Bertz CT molecular complexity index is 972. The fourth-order valence-electron chi connectivity index (χ4n) is 3.23. The van der Waals surface area contributed by atoms with E-state index in [1.165, 1.54) is 0 Å². The zero-order valence-electron chi connectivity index (χ0n) is 15.0. The first-order valence-corrected chi connectivity index (χ1v) is 9.85. The average molecular weight is 380 g/mol. The number of aryl methyl sites for hydroxylation is 1. The fraction of sp³-hybridized carbons (Fsp3) is 0.250. The van der Waals surface area contributed by atoms with E-state index in [0.29, 0.717) is 16.9 Å². The molecule has 1 aliphatic rings. The molecule has 0 radical (unpaired) electrons. The van der Waals surface area contributed by atoms with Crippen LogP contribution in [0.25, 0.3) is 11.3 Å². The molecule has 27 heavy (non-hydrogen) atoms. The molecule has 0 bridgehead atoms. The number of hydrogen-bond donors (Lipinski definition) is 2. The van der Waals surface area contributed by atoms with Gasteiger partial charge >= 0.3 is 0 Å². The summed E-state index contributed by atoms with van der Waals surface area (Å²) in [7, 11) is 0. The van der Waals surface area contributed by atoms with E-state index in [0.717, 1.165) is 42.8 Å². The van der Waals surface area contributed by atoms with Crippen molar-refractivity contribution in [3.05, 3.63) is 57.9 Å². The number of rotatable bonds is 4. The Labute approximate surface area is 161 Å². The number of aromatic amines is 1. The third kappa shape index (κ3) is 3.64. The summed E-state index contributed by atoms with van der Waals surface area (Å²) < 4.78 is 0. The number of nitrogens with one attached hydrogen (secondary N) is 2. The molecule has 0 saturated carbocycles. The number of nitrogens with zero attached hydrogens (tertiary/aromatic N) is 2. The van der Waals surface area contributed by atoms with Gasteiger partial charge in [0, 0.05) is 35.3 Å². The molecular weight excluding hydrogens is 360 g/mol. The van der Waals surface area contributed by atoms with Crippen LogP contribution in [0.2, 0.25) is 0 Å². The maximum Gasteiger partial charge on any atom is 0.273 e. The molecule has 2 aromatic heterocycles. The number of carbonyl (C=O) groups is 2. The Balaban J connectivity index is 1.47. The van der Waals surface area contributed by atoms with Crippen molar-refractivity contribution in [1.29, 1.82) is 0 Å². The maximum absolute atomic E-state index is 12.5. The van der Waals surface area contributed by atoms with Crippen LogP contribution in [0.4, 0.5) is 5.69 Å². The molecule has 0 spiro atoms. The third-order valence-corrected chi connectivity index (χ3v) is 5.44. The minimum Gasteiger partial charge on any atom is -0.339 e. The summed E-state index contributed by atoms with van der Waals surface area (Å²) in [6.45, 7) is 3.53. The van der Waals surface area contributed by atoms with Crippen molar-refractivity contribution >= 4 is 28.8 Å². The van der Waals surface area contributed by atoms with Crippen LogP contribution in [0, 0.1) is 6.92 Å². The highest BCUT2D eigenvalue weighted by Crippen LogP contribution is 2.22. The van der Waals surface area contributed by atoms with Crippen LogP contribution < -0.4 is 5.32 Å². The number of anilines is 1. The number of carbonyl (C=O) groups excluding carboxylic acids is 2. The minimum absolute atomic E-state index is 0.0578. The van der Waals surface area contributed by atoms with Gasteiger partial charge < -0.3 is 10.2 Å². The Hall–Kier alpha value is -2.93. The smallest absolute Gasteiger partial charge is 0.273 e.